The topological polar surface area (TPSA) is 29.5 Å². The lowest BCUT2D eigenvalue weighted by atomic mass is 9.91. The van der Waals surface area contributed by atoms with Gasteiger partial charge in [0.25, 0.3) is 0 Å². The Balaban J connectivity index is 2.23. The number of benzene rings is 1. The van der Waals surface area contributed by atoms with Gasteiger partial charge >= 0.3 is 0 Å². The van der Waals surface area contributed by atoms with Crippen LogP contribution in [0, 0.1) is 5.92 Å². The Morgan fingerprint density at radius 1 is 1.47 bits per heavy atom. The third-order valence-electron chi connectivity index (χ3n) is 3.10. The smallest absolute Gasteiger partial charge is 0.119 e. The summed E-state index contributed by atoms with van der Waals surface area (Å²) in [5.41, 5.74) is 0.281. The molecular weight excluding hydrogens is 188 g/mol. The van der Waals surface area contributed by atoms with Crippen LogP contribution in [0.15, 0.2) is 24.3 Å². The zero-order chi connectivity index (χ0) is 10.9. The van der Waals surface area contributed by atoms with Crippen LogP contribution >= 0.6 is 0 Å². The number of hydrogen-bond donors (Lipinski definition) is 1. The van der Waals surface area contributed by atoms with Gasteiger partial charge < -0.3 is 9.84 Å². The van der Waals surface area contributed by atoms with Crippen LogP contribution in [0.2, 0.25) is 0 Å². The van der Waals surface area contributed by atoms with Crippen LogP contribution in [0.25, 0.3) is 0 Å². The predicted molar refractivity (Wildman–Crippen MR) is 59.9 cm³/mol. The van der Waals surface area contributed by atoms with Gasteiger partial charge in [0.2, 0.25) is 0 Å². The standard InChI is InChI=1S/C13H18O2/c1-3-15-12-6-4-5-11(9-12)13(2,14)10-7-8-10/h4-6,9-10,14H,3,7-8H2,1-2H3/t13-/m0/s1. The van der Waals surface area contributed by atoms with Gasteiger partial charge in [-0.15, -0.1) is 0 Å². The van der Waals surface area contributed by atoms with Gasteiger partial charge in [0.15, 0.2) is 0 Å². The van der Waals surface area contributed by atoms with E-state index in [2.05, 4.69) is 0 Å². The Bertz CT molecular complexity index is 340. The number of ether oxygens (including phenoxy) is 1. The van der Waals surface area contributed by atoms with Crippen molar-refractivity contribution >= 4 is 0 Å². The summed E-state index contributed by atoms with van der Waals surface area (Å²) in [5.74, 6) is 1.27. The van der Waals surface area contributed by atoms with Crippen molar-refractivity contribution in [2.45, 2.75) is 32.3 Å². The molecular formula is C13H18O2. The summed E-state index contributed by atoms with van der Waals surface area (Å²) < 4.78 is 5.43. The van der Waals surface area contributed by atoms with Gasteiger partial charge in [-0.1, -0.05) is 12.1 Å². The summed E-state index contributed by atoms with van der Waals surface area (Å²) >= 11 is 0. The number of aliphatic hydroxyl groups is 1. The molecule has 82 valence electrons. The molecule has 1 aliphatic rings. The molecule has 1 N–H and O–H groups in total. The van der Waals surface area contributed by atoms with Crippen LogP contribution in [0.3, 0.4) is 0 Å². The lowest BCUT2D eigenvalue weighted by Gasteiger charge is -2.24. The molecule has 1 aliphatic carbocycles. The van der Waals surface area contributed by atoms with Gasteiger partial charge in [-0.05, 0) is 50.3 Å². The second-order valence-corrected chi connectivity index (χ2v) is 4.38. The molecule has 0 heterocycles. The highest BCUT2D eigenvalue weighted by Gasteiger charge is 2.41. The third kappa shape index (κ3) is 2.15. The summed E-state index contributed by atoms with van der Waals surface area (Å²) in [4.78, 5) is 0. The highest BCUT2D eigenvalue weighted by atomic mass is 16.5. The van der Waals surface area contributed by atoms with Crippen LogP contribution in [0.4, 0.5) is 0 Å². The molecule has 0 bridgehead atoms. The molecule has 2 heteroatoms. The van der Waals surface area contributed by atoms with Crippen molar-refractivity contribution < 1.29 is 9.84 Å². The van der Waals surface area contributed by atoms with E-state index in [1.54, 1.807) is 0 Å². The Morgan fingerprint density at radius 2 is 2.20 bits per heavy atom. The average molecular weight is 206 g/mol. The molecule has 1 atom stereocenters. The van der Waals surface area contributed by atoms with Crippen LogP contribution in [0.1, 0.15) is 32.3 Å². The average Bonchev–Trinajstić information content (AvgIpc) is 3.02. The Labute approximate surface area is 90.9 Å². The zero-order valence-corrected chi connectivity index (χ0v) is 9.36. The fourth-order valence-corrected chi connectivity index (χ4v) is 1.95. The molecule has 0 aliphatic heterocycles. The second-order valence-electron chi connectivity index (χ2n) is 4.38. The van der Waals surface area contributed by atoms with Crippen LogP contribution in [0.5, 0.6) is 5.75 Å². The van der Waals surface area contributed by atoms with E-state index < -0.39 is 5.60 Å². The lowest BCUT2D eigenvalue weighted by molar-refractivity contribution is 0.0328. The molecule has 0 spiro atoms. The monoisotopic (exact) mass is 206 g/mol. The highest BCUT2D eigenvalue weighted by molar-refractivity contribution is 5.33. The number of hydrogen-bond acceptors (Lipinski definition) is 2. The van der Waals surface area contributed by atoms with E-state index in [0.29, 0.717) is 12.5 Å². The zero-order valence-electron chi connectivity index (χ0n) is 9.36. The first kappa shape index (κ1) is 10.5. The van der Waals surface area contributed by atoms with Crippen molar-refractivity contribution in [1.82, 2.24) is 0 Å². The Morgan fingerprint density at radius 3 is 2.80 bits per heavy atom. The summed E-state index contributed by atoms with van der Waals surface area (Å²) in [6.07, 6.45) is 2.26. The number of rotatable bonds is 4. The first-order valence-corrected chi connectivity index (χ1v) is 5.60. The van der Waals surface area contributed by atoms with Gasteiger partial charge in [0.1, 0.15) is 5.75 Å². The lowest BCUT2D eigenvalue weighted by Crippen LogP contribution is -2.23. The van der Waals surface area contributed by atoms with E-state index in [9.17, 15) is 5.11 Å². The molecule has 1 saturated carbocycles. The predicted octanol–water partition coefficient (Wildman–Crippen LogP) is 2.70. The van der Waals surface area contributed by atoms with E-state index in [-0.39, 0.29) is 0 Å². The third-order valence-corrected chi connectivity index (χ3v) is 3.10. The maximum Gasteiger partial charge on any atom is 0.119 e. The van der Waals surface area contributed by atoms with Crippen LogP contribution in [-0.4, -0.2) is 11.7 Å². The minimum atomic E-state index is -0.687. The maximum atomic E-state index is 10.4. The van der Waals surface area contributed by atoms with Gasteiger partial charge in [0, 0.05) is 0 Å². The molecule has 15 heavy (non-hydrogen) atoms. The van der Waals surface area contributed by atoms with Gasteiger partial charge in [-0.2, -0.15) is 0 Å². The largest absolute Gasteiger partial charge is 0.494 e. The van der Waals surface area contributed by atoms with Crippen molar-refractivity contribution in [3.8, 4) is 5.75 Å². The van der Waals surface area contributed by atoms with Crippen molar-refractivity contribution in [1.29, 1.82) is 0 Å². The minimum Gasteiger partial charge on any atom is -0.494 e. The molecule has 0 amide bonds. The molecule has 2 nitrogen and oxygen atoms in total. The Kier molecular flexibility index (Phi) is 2.70. The molecule has 0 unspecified atom stereocenters. The summed E-state index contributed by atoms with van der Waals surface area (Å²) in [6, 6.07) is 7.79. The van der Waals surface area contributed by atoms with E-state index in [0.717, 1.165) is 24.2 Å². The van der Waals surface area contributed by atoms with E-state index >= 15 is 0 Å². The van der Waals surface area contributed by atoms with Crippen LogP contribution in [-0.2, 0) is 5.60 Å². The fourth-order valence-electron chi connectivity index (χ4n) is 1.95. The van der Waals surface area contributed by atoms with Crippen molar-refractivity contribution in [2.24, 2.45) is 5.92 Å². The van der Waals surface area contributed by atoms with E-state index in [1.807, 2.05) is 38.1 Å². The molecule has 1 aromatic rings. The van der Waals surface area contributed by atoms with Crippen molar-refractivity contribution in [3.63, 3.8) is 0 Å². The van der Waals surface area contributed by atoms with E-state index in [1.165, 1.54) is 0 Å². The second kappa shape index (κ2) is 3.86. The minimum absolute atomic E-state index is 0.425. The van der Waals surface area contributed by atoms with Crippen molar-refractivity contribution in [3.05, 3.63) is 29.8 Å². The molecule has 0 saturated heterocycles. The van der Waals surface area contributed by atoms with Crippen molar-refractivity contribution in [2.75, 3.05) is 6.61 Å². The molecule has 0 radical (unpaired) electrons. The quantitative estimate of drug-likeness (QED) is 0.820. The molecule has 0 aromatic heterocycles. The summed E-state index contributed by atoms with van der Waals surface area (Å²) in [7, 11) is 0. The van der Waals surface area contributed by atoms with Gasteiger partial charge in [-0.25, -0.2) is 0 Å². The Hall–Kier alpha value is -1.02. The highest BCUT2D eigenvalue weighted by Crippen LogP contribution is 2.45. The fraction of sp³-hybridized carbons (Fsp3) is 0.538. The summed E-state index contributed by atoms with van der Waals surface area (Å²) in [6.45, 7) is 4.52. The summed E-state index contributed by atoms with van der Waals surface area (Å²) in [5, 5.41) is 10.4. The normalized spacial score (nSPS) is 19.7. The first-order valence-electron chi connectivity index (χ1n) is 5.60. The van der Waals surface area contributed by atoms with E-state index in [4.69, 9.17) is 4.74 Å². The van der Waals surface area contributed by atoms with Gasteiger partial charge in [-0.3, -0.25) is 0 Å². The van der Waals surface area contributed by atoms with Gasteiger partial charge in [0.05, 0.1) is 12.2 Å². The molecule has 2 rings (SSSR count). The maximum absolute atomic E-state index is 10.4. The van der Waals surface area contributed by atoms with Crippen LogP contribution < -0.4 is 4.74 Å². The first-order chi connectivity index (χ1) is 7.14. The molecule has 1 fully saturated rings. The SMILES string of the molecule is CCOc1cccc([C@@](C)(O)C2CC2)c1. The molecule has 1 aromatic carbocycles.